The number of carbonyl (C=O) groups is 1. The molecular formula is C21H18ClN7O. The summed E-state index contributed by atoms with van der Waals surface area (Å²) in [5.74, 6) is 0.755. The van der Waals surface area contributed by atoms with Crippen LogP contribution >= 0.6 is 11.6 Å². The number of nitrogens with zero attached hydrogens (tertiary/aromatic N) is 4. The first-order valence-corrected chi connectivity index (χ1v) is 9.41. The molecule has 0 bridgehead atoms. The summed E-state index contributed by atoms with van der Waals surface area (Å²) < 4.78 is 1.69. The molecule has 0 saturated carbocycles. The molecule has 8 nitrogen and oxygen atoms in total. The van der Waals surface area contributed by atoms with Gasteiger partial charge < -0.3 is 16.0 Å². The van der Waals surface area contributed by atoms with E-state index in [-0.39, 0.29) is 5.91 Å². The smallest absolute Gasteiger partial charge is 0.247 e. The summed E-state index contributed by atoms with van der Waals surface area (Å²) in [5, 5.41) is 14.7. The number of fused-ring (bicyclic) bond motifs is 1. The fourth-order valence-corrected chi connectivity index (χ4v) is 3.01. The van der Waals surface area contributed by atoms with Gasteiger partial charge in [-0.25, -0.2) is 4.98 Å². The molecule has 0 aliphatic heterocycles. The number of aryl methyl sites for hydroxylation is 1. The van der Waals surface area contributed by atoms with Crippen LogP contribution in [0.4, 0.5) is 28.8 Å². The van der Waals surface area contributed by atoms with Crippen LogP contribution in [-0.4, -0.2) is 25.7 Å². The summed E-state index contributed by atoms with van der Waals surface area (Å²) in [6.07, 6.45) is 4.75. The van der Waals surface area contributed by atoms with E-state index in [0.29, 0.717) is 22.5 Å². The van der Waals surface area contributed by atoms with Crippen LogP contribution in [0.25, 0.3) is 10.9 Å². The van der Waals surface area contributed by atoms with Crippen LogP contribution < -0.4 is 16.0 Å². The van der Waals surface area contributed by atoms with Crippen molar-refractivity contribution in [3.63, 3.8) is 0 Å². The minimum Gasteiger partial charge on any atom is -0.340 e. The van der Waals surface area contributed by atoms with Crippen molar-refractivity contribution in [2.24, 2.45) is 7.05 Å². The molecule has 2 heterocycles. The van der Waals surface area contributed by atoms with Crippen LogP contribution in [-0.2, 0) is 11.8 Å². The zero-order valence-corrected chi connectivity index (χ0v) is 16.8. The molecule has 0 fully saturated rings. The molecule has 9 heteroatoms. The van der Waals surface area contributed by atoms with Crippen LogP contribution in [0.5, 0.6) is 0 Å². The maximum absolute atomic E-state index is 11.4. The Morgan fingerprint density at radius 1 is 1.07 bits per heavy atom. The molecule has 3 N–H and O–H groups in total. The minimum absolute atomic E-state index is 0.265. The second-order valence-electron chi connectivity index (χ2n) is 6.48. The SMILES string of the molecule is C=CC(=O)Nc1ccc(Nc2nc(Nc3cnn(C)c3)nc3ccc(Cl)cc23)cc1. The molecule has 150 valence electrons. The Labute approximate surface area is 177 Å². The second kappa shape index (κ2) is 8.22. The number of nitrogens with one attached hydrogen (secondary N) is 3. The van der Waals surface area contributed by atoms with E-state index in [2.05, 4.69) is 37.6 Å². The number of carbonyl (C=O) groups excluding carboxylic acids is 1. The number of halogens is 1. The predicted octanol–water partition coefficient (Wildman–Crippen LogP) is 4.63. The molecule has 0 aliphatic rings. The summed E-state index contributed by atoms with van der Waals surface area (Å²) in [5.41, 5.74) is 2.97. The highest BCUT2D eigenvalue weighted by atomic mass is 35.5. The van der Waals surface area contributed by atoms with Gasteiger partial charge in [-0.2, -0.15) is 10.1 Å². The van der Waals surface area contributed by atoms with Gasteiger partial charge in [0.25, 0.3) is 0 Å². The molecule has 0 unspecified atom stereocenters. The zero-order chi connectivity index (χ0) is 21.1. The predicted molar refractivity (Wildman–Crippen MR) is 120 cm³/mol. The number of hydrogen-bond donors (Lipinski definition) is 3. The van der Waals surface area contributed by atoms with E-state index < -0.39 is 0 Å². The summed E-state index contributed by atoms with van der Waals surface area (Å²) in [7, 11) is 1.84. The summed E-state index contributed by atoms with van der Waals surface area (Å²) >= 11 is 6.19. The van der Waals surface area contributed by atoms with Crippen molar-refractivity contribution >= 4 is 57.2 Å². The first-order chi connectivity index (χ1) is 14.5. The molecule has 4 aromatic rings. The van der Waals surface area contributed by atoms with Gasteiger partial charge in [-0.3, -0.25) is 9.48 Å². The van der Waals surface area contributed by atoms with Crippen molar-refractivity contribution in [1.82, 2.24) is 19.7 Å². The van der Waals surface area contributed by atoms with Crippen LogP contribution in [0, 0.1) is 0 Å². The third-order valence-corrected chi connectivity index (χ3v) is 4.45. The highest BCUT2D eigenvalue weighted by Gasteiger charge is 2.10. The third kappa shape index (κ3) is 4.39. The summed E-state index contributed by atoms with van der Waals surface area (Å²) in [6, 6.07) is 12.7. The standard InChI is InChI=1S/C21H18ClN7O/c1-3-19(30)24-14-5-7-15(8-6-14)25-20-17-10-13(22)4-9-18(17)27-21(28-20)26-16-11-23-29(2)12-16/h3-12H,1H2,2H3,(H,24,30)(H2,25,26,27,28). The maximum Gasteiger partial charge on any atom is 0.247 e. The molecule has 0 aliphatic carbocycles. The van der Waals surface area contributed by atoms with Crippen LogP contribution in [0.3, 0.4) is 0 Å². The Bertz CT molecular complexity index is 1230. The zero-order valence-electron chi connectivity index (χ0n) is 16.1. The Kier molecular flexibility index (Phi) is 5.32. The Morgan fingerprint density at radius 3 is 2.53 bits per heavy atom. The van der Waals surface area contributed by atoms with Crippen molar-refractivity contribution < 1.29 is 4.79 Å². The summed E-state index contributed by atoms with van der Waals surface area (Å²) in [6.45, 7) is 3.45. The van der Waals surface area contributed by atoms with Crippen LogP contribution in [0.1, 0.15) is 0 Å². The summed E-state index contributed by atoms with van der Waals surface area (Å²) in [4.78, 5) is 20.6. The molecule has 0 radical (unpaired) electrons. The lowest BCUT2D eigenvalue weighted by atomic mass is 10.2. The number of anilines is 5. The van der Waals surface area contributed by atoms with Gasteiger partial charge in [0, 0.05) is 35.0 Å². The number of aromatic nitrogens is 4. The van der Waals surface area contributed by atoms with Gasteiger partial charge in [0.2, 0.25) is 11.9 Å². The van der Waals surface area contributed by atoms with Gasteiger partial charge in [0.05, 0.1) is 17.4 Å². The molecule has 1 amide bonds. The van der Waals surface area contributed by atoms with E-state index in [1.54, 1.807) is 29.1 Å². The first kappa shape index (κ1) is 19.4. The average molecular weight is 420 g/mol. The number of amides is 1. The Morgan fingerprint density at radius 2 is 1.83 bits per heavy atom. The van der Waals surface area contributed by atoms with E-state index in [1.165, 1.54) is 6.08 Å². The lowest BCUT2D eigenvalue weighted by Crippen LogP contribution is -2.07. The molecular weight excluding hydrogens is 402 g/mol. The van der Waals surface area contributed by atoms with E-state index in [0.717, 1.165) is 22.3 Å². The van der Waals surface area contributed by atoms with Crippen molar-refractivity contribution in [2.75, 3.05) is 16.0 Å². The van der Waals surface area contributed by atoms with Crippen molar-refractivity contribution in [3.8, 4) is 0 Å². The lowest BCUT2D eigenvalue weighted by Gasteiger charge is -2.12. The van der Waals surface area contributed by atoms with Crippen LogP contribution in [0.2, 0.25) is 5.02 Å². The molecule has 2 aromatic heterocycles. The Hall–Kier alpha value is -3.91. The maximum atomic E-state index is 11.4. The fraction of sp³-hybridized carbons (Fsp3) is 0.0476. The first-order valence-electron chi connectivity index (χ1n) is 9.03. The fourth-order valence-electron chi connectivity index (χ4n) is 2.83. The van der Waals surface area contributed by atoms with Gasteiger partial charge in [-0.1, -0.05) is 18.2 Å². The highest BCUT2D eigenvalue weighted by molar-refractivity contribution is 6.31. The molecule has 30 heavy (non-hydrogen) atoms. The Balaban J connectivity index is 1.66. The quantitative estimate of drug-likeness (QED) is 0.394. The largest absolute Gasteiger partial charge is 0.340 e. The molecule has 0 atom stereocenters. The van der Waals surface area contributed by atoms with E-state index in [4.69, 9.17) is 11.6 Å². The van der Waals surface area contributed by atoms with Crippen molar-refractivity contribution in [3.05, 3.63) is 72.5 Å². The minimum atomic E-state index is -0.265. The van der Waals surface area contributed by atoms with Gasteiger partial charge in [0.1, 0.15) is 5.82 Å². The van der Waals surface area contributed by atoms with E-state index >= 15 is 0 Å². The molecule has 0 spiro atoms. The molecule has 4 rings (SSSR count). The average Bonchev–Trinajstić information content (AvgIpc) is 3.14. The number of benzene rings is 2. The third-order valence-electron chi connectivity index (χ3n) is 4.22. The molecule has 2 aromatic carbocycles. The monoisotopic (exact) mass is 419 g/mol. The van der Waals surface area contributed by atoms with E-state index in [9.17, 15) is 4.79 Å². The van der Waals surface area contributed by atoms with Crippen molar-refractivity contribution in [1.29, 1.82) is 0 Å². The topological polar surface area (TPSA) is 96.8 Å². The normalized spacial score (nSPS) is 10.6. The van der Waals surface area contributed by atoms with Crippen molar-refractivity contribution in [2.45, 2.75) is 0 Å². The second-order valence-corrected chi connectivity index (χ2v) is 6.92. The molecule has 0 saturated heterocycles. The lowest BCUT2D eigenvalue weighted by molar-refractivity contribution is -0.111. The van der Waals surface area contributed by atoms with Gasteiger partial charge >= 0.3 is 0 Å². The van der Waals surface area contributed by atoms with E-state index in [1.807, 2.05) is 37.5 Å². The van der Waals surface area contributed by atoms with Crippen LogP contribution in [0.15, 0.2) is 67.5 Å². The number of hydrogen-bond acceptors (Lipinski definition) is 6. The van der Waals surface area contributed by atoms with Gasteiger partial charge in [-0.15, -0.1) is 0 Å². The van der Waals surface area contributed by atoms with Gasteiger partial charge in [-0.05, 0) is 48.5 Å². The van der Waals surface area contributed by atoms with Gasteiger partial charge in [0.15, 0.2) is 0 Å². The highest BCUT2D eigenvalue weighted by Crippen LogP contribution is 2.29. The number of rotatable bonds is 6.